The summed E-state index contributed by atoms with van der Waals surface area (Å²) in [7, 11) is 0. The molecule has 2 aliphatic heterocycles. The monoisotopic (exact) mass is 330 g/mol. The summed E-state index contributed by atoms with van der Waals surface area (Å²) in [4.78, 5) is 14.1. The zero-order valence-electron chi connectivity index (χ0n) is 12.8. The lowest BCUT2D eigenvalue weighted by Gasteiger charge is -2.34. The minimum absolute atomic E-state index is 0.121. The van der Waals surface area contributed by atoms with Gasteiger partial charge in [0.1, 0.15) is 0 Å². The van der Waals surface area contributed by atoms with Gasteiger partial charge in [0.05, 0.1) is 11.8 Å². The SMILES string of the molecule is O=C([C@@H]1CNC[C@H]1C(F)(F)F)N1CCC(Cn2cccn2)CC1. The predicted octanol–water partition coefficient (Wildman–Crippen LogP) is 1.52. The second-order valence-electron chi connectivity index (χ2n) is 6.41. The van der Waals surface area contributed by atoms with E-state index in [0.717, 1.165) is 19.4 Å². The van der Waals surface area contributed by atoms with E-state index in [9.17, 15) is 18.0 Å². The van der Waals surface area contributed by atoms with Crippen LogP contribution in [0.5, 0.6) is 0 Å². The summed E-state index contributed by atoms with van der Waals surface area (Å²) in [5.41, 5.74) is 0. The molecule has 3 heterocycles. The fraction of sp³-hybridized carbons (Fsp3) is 0.733. The van der Waals surface area contributed by atoms with E-state index in [2.05, 4.69) is 10.4 Å². The molecule has 23 heavy (non-hydrogen) atoms. The average molecular weight is 330 g/mol. The molecule has 128 valence electrons. The molecule has 0 radical (unpaired) electrons. The molecule has 0 spiro atoms. The number of amides is 1. The number of alkyl halides is 3. The number of nitrogens with zero attached hydrogens (tertiary/aromatic N) is 3. The number of piperidine rings is 1. The largest absolute Gasteiger partial charge is 0.393 e. The van der Waals surface area contributed by atoms with Crippen LogP contribution in [0.1, 0.15) is 12.8 Å². The van der Waals surface area contributed by atoms with Gasteiger partial charge in [0.25, 0.3) is 0 Å². The predicted molar refractivity (Wildman–Crippen MR) is 77.4 cm³/mol. The molecule has 2 fully saturated rings. The Bertz CT molecular complexity index is 523. The van der Waals surface area contributed by atoms with Crippen molar-refractivity contribution in [2.75, 3.05) is 26.2 Å². The van der Waals surface area contributed by atoms with E-state index in [1.54, 1.807) is 11.1 Å². The van der Waals surface area contributed by atoms with Crippen LogP contribution in [0.3, 0.4) is 0 Å². The molecule has 2 saturated heterocycles. The first-order valence-electron chi connectivity index (χ1n) is 7.99. The van der Waals surface area contributed by atoms with Crippen molar-refractivity contribution in [2.45, 2.75) is 25.6 Å². The smallest absolute Gasteiger partial charge is 0.342 e. The third-order valence-electron chi connectivity index (χ3n) is 4.88. The van der Waals surface area contributed by atoms with Gasteiger partial charge in [-0.1, -0.05) is 0 Å². The van der Waals surface area contributed by atoms with Crippen LogP contribution in [0.25, 0.3) is 0 Å². The Morgan fingerprint density at radius 2 is 2.00 bits per heavy atom. The molecule has 8 heteroatoms. The number of aromatic nitrogens is 2. The number of rotatable bonds is 3. The molecule has 2 atom stereocenters. The van der Waals surface area contributed by atoms with Crippen LogP contribution in [-0.4, -0.2) is 52.9 Å². The third kappa shape index (κ3) is 3.68. The minimum atomic E-state index is -4.32. The highest BCUT2D eigenvalue weighted by molar-refractivity contribution is 5.80. The number of carbonyl (C=O) groups excluding carboxylic acids is 1. The molecule has 3 rings (SSSR count). The van der Waals surface area contributed by atoms with Crippen molar-refractivity contribution >= 4 is 5.91 Å². The molecular formula is C15H21F3N4O. The van der Waals surface area contributed by atoms with E-state index in [1.165, 1.54) is 0 Å². The minimum Gasteiger partial charge on any atom is -0.342 e. The van der Waals surface area contributed by atoms with Crippen molar-refractivity contribution in [1.29, 1.82) is 0 Å². The fourth-order valence-electron chi connectivity index (χ4n) is 3.53. The van der Waals surface area contributed by atoms with E-state index in [1.807, 2.05) is 16.9 Å². The summed E-state index contributed by atoms with van der Waals surface area (Å²) in [5, 5.41) is 6.88. The van der Waals surface area contributed by atoms with Crippen LogP contribution < -0.4 is 5.32 Å². The van der Waals surface area contributed by atoms with E-state index < -0.39 is 18.0 Å². The molecule has 0 unspecified atom stereocenters. The number of nitrogens with one attached hydrogen (secondary N) is 1. The topological polar surface area (TPSA) is 50.2 Å². The van der Waals surface area contributed by atoms with Crippen LogP contribution >= 0.6 is 0 Å². The molecule has 1 amide bonds. The van der Waals surface area contributed by atoms with Crippen molar-refractivity contribution in [3.05, 3.63) is 18.5 Å². The van der Waals surface area contributed by atoms with Gasteiger partial charge >= 0.3 is 6.18 Å². The Labute approximate surface area is 132 Å². The number of hydrogen-bond acceptors (Lipinski definition) is 3. The van der Waals surface area contributed by atoms with Crippen molar-refractivity contribution < 1.29 is 18.0 Å². The summed E-state index contributed by atoms with van der Waals surface area (Å²) in [6.45, 7) is 1.83. The van der Waals surface area contributed by atoms with Crippen LogP contribution in [0.2, 0.25) is 0 Å². The van der Waals surface area contributed by atoms with Crippen molar-refractivity contribution in [3.8, 4) is 0 Å². The highest BCUT2D eigenvalue weighted by atomic mass is 19.4. The Balaban J connectivity index is 1.54. The van der Waals surface area contributed by atoms with Crippen LogP contribution in [0.15, 0.2) is 18.5 Å². The molecule has 0 saturated carbocycles. The van der Waals surface area contributed by atoms with Gasteiger partial charge in [0.15, 0.2) is 0 Å². The molecule has 1 aromatic rings. The quantitative estimate of drug-likeness (QED) is 0.914. The Hall–Kier alpha value is -1.57. The lowest BCUT2D eigenvalue weighted by molar-refractivity contribution is -0.185. The van der Waals surface area contributed by atoms with Gasteiger partial charge in [-0.25, -0.2) is 0 Å². The first-order chi connectivity index (χ1) is 10.9. The van der Waals surface area contributed by atoms with Crippen LogP contribution in [-0.2, 0) is 11.3 Å². The Morgan fingerprint density at radius 3 is 2.61 bits per heavy atom. The zero-order valence-corrected chi connectivity index (χ0v) is 12.8. The Morgan fingerprint density at radius 1 is 1.26 bits per heavy atom. The second-order valence-corrected chi connectivity index (χ2v) is 6.41. The fourth-order valence-corrected chi connectivity index (χ4v) is 3.53. The highest BCUT2D eigenvalue weighted by Gasteiger charge is 2.50. The van der Waals surface area contributed by atoms with Crippen LogP contribution in [0, 0.1) is 17.8 Å². The van der Waals surface area contributed by atoms with E-state index in [0.29, 0.717) is 19.0 Å². The van der Waals surface area contributed by atoms with Gasteiger partial charge in [0, 0.05) is 45.1 Å². The maximum atomic E-state index is 13.0. The second kappa shape index (κ2) is 6.51. The Kier molecular flexibility index (Phi) is 4.61. The van der Waals surface area contributed by atoms with Gasteiger partial charge < -0.3 is 10.2 Å². The molecule has 0 bridgehead atoms. The summed E-state index contributed by atoms with van der Waals surface area (Å²) in [6.07, 6.45) is 0.922. The highest BCUT2D eigenvalue weighted by Crippen LogP contribution is 2.35. The van der Waals surface area contributed by atoms with E-state index >= 15 is 0 Å². The first-order valence-corrected chi connectivity index (χ1v) is 7.99. The standard InChI is InChI=1S/C15H21F3N4O/c16-15(17,18)13-9-19-8-12(13)14(23)21-6-2-11(3-7-21)10-22-5-1-4-20-22/h1,4-5,11-13,19H,2-3,6-10H2/t12-,13-/m1/s1. The molecule has 5 nitrogen and oxygen atoms in total. The number of carbonyl (C=O) groups is 1. The molecule has 1 aromatic heterocycles. The first kappa shape index (κ1) is 16.3. The van der Waals surface area contributed by atoms with Gasteiger partial charge in [-0.2, -0.15) is 18.3 Å². The summed E-state index contributed by atoms with van der Waals surface area (Å²) >= 11 is 0. The van der Waals surface area contributed by atoms with Crippen molar-refractivity contribution in [2.24, 2.45) is 17.8 Å². The molecule has 0 aromatic carbocycles. The maximum Gasteiger partial charge on any atom is 0.393 e. The summed E-state index contributed by atoms with van der Waals surface area (Å²) in [5.74, 6) is -2.47. The average Bonchev–Trinajstić information content (AvgIpc) is 3.18. The molecular weight excluding hydrogens is 309 g/mol. The third-order valence-corrected chi connectivity index (χ3v) is 4.88. The lowest BCUT2D eigenvalue weighted by atomic mass is 9.91. The van der Waals surface area contributed by atoms with E-state index in [4.69, 9.17) is 0 Å². The number of hydrogen-bond donors (Lipinski definition) is 1. The molecule has 1 N–H and O–H groups in total. The summed E-state index contributed by atoms with van der Waals surface area (Å²) in [6, 6.07) is 1.86. The maximum absolute atomic E-state index is 13.0. The van der Waals surface area contributed by atoms with Crippen LogP contribution in [0.4, 0.5) is 13.2 Å². The number of likely N-dealkylation sites (tertiary alicyclic amines) is 1. The van der Waals surface area contributed by atoms with Gasteiger partial charge in [0.2, 0.25) is 5.91 Å². The van der Waals surface area contributed by atoms with Gasteiger partial charge in [-0.15, -0.1) is 0 Å². The van der Waals surface area contributed by atoms with Crippen molar-refractivity contribution in [3.63, 3.8) is 0 Å². The number of halogens is 3. The zero-order chi connectivity index (χ0) is 16.4. The molecule has 2 aliphatic rings. The lowest BCUT2D eigenvalue weighted by Crippen LogP contribution is -2.46. The van der Waals surface area contributed by atoms with E-state index in [-0.39, 0.29) is 19.0 Å². The summed E-state index contributed by atoms with van der Waals surface area (Å²) < 4.78 is 40.8. The van der Waals surface area contributed by atoms with Gasteiger partial charge in [-0.3, -0.25) is 9.48 Å². The molecule has 0 aliphatic carbocycles. The normalized spacial score (nSPS) is 26.7. The van der Waals surface area contributed by atoms with Gasteiger partial charge in [-0.05, 0) is 24.8 Å². The van der Waals surface area contributed by atoms with Crippen molar-refractivity contribution in [1.82, 2.24) is 20.0 Å².